The zero-order valence-corrected chi connectivity index (χ0v) is 27.6. The van der Waals surface area contributed by atoms with Crippen LogP contribution in [0.5, 0.6) is 6.01 Å². The largest absolute Gasteiger partial charge is 0.461 e. The van der Waals surface area contributed by atoms with Crippen LogP contribution in [0.3, 0.4) is 0 Å². The quantitative estimate of drug-likeness (QED) is 0.175. The van der Waals surface area contributed by atoms with E-state index >= 15 is 4.39 Å². The van der Waals surface area contributed by atoms with Gasteiger partial charge >= 0.3 is 6.01 Å². The number of ether oxygens (including phenoxy) is 1. The van der Waals surface area contributed by atoms with Gasteiger partial charge in [0.15, 0.2) is 5.82 Å². The second-order valence-corrected chi connectivity index (χ2v) is 14.3. The lowest BCUT2D eigenvalue weighted by Gasteiger charge is -2.32. The van der Waals surface area contributed by atoms with E-state index in [-0.39, 0.29) is 52.8 Å². The zero-order chi connectivity index (χ0) is 34.2. The SMILES string of the molecule is C#Cc1c(F)ccc2cccc(-c3ncc4c(N(C)[C@@H]5CCN(C(=O)C=C)[C@@H]5C)nc(OC[C@]56C[C@@H](F)CN5CC5(CC5)C6)nc4c3F)c12. The van der Waals surface area contributed by atoms with Crippen LogP contribution in [0.4, 0.5) is 19.0 Å². The maximum absolute atomic E-state index is 16.9. The second-order valence-electron chi connectivity index (χ2n) is 14.3. The number of pyridine rings is 1. The van der Waals surface area contributed by atoms with Crippen LogP contribution in [-0.4, -0.2) is 87.7 Å². The number of anilines is 1. The van der Waals surface area contributed by atoms with Crippen molar-refractivity contribution in [2.24, 2.45) is 5.41 Å². The summed E-state index contributed by atoms with van der Waals surface area (Å²) in [6.45, 7) is 7.55. The minimum Gasteiger partial charge on any atom is -0.461 e. The molecule has 1 aliphatic carbocycles. The molecular weight excluding hydrogens is 629 g/mol. The van der Waals surface area contributed by atoms with Crippen molar-refractivity contribution in [1.29, 1.82) is 0 Å². The number of hydrogen-bond donors (Lipinski definition) is 0. The lowest BCUT2D eigenvalue weighted by Crippen LogP contribution is -2.44. The van der Waals surface area contributed by atoms with Crippen LogP contribution < -0.4 is 9.64 Å². The highest BCUT2D eigenvalue weighted by atomic mass is 19.1. The number of likely N-dealkylation sites (N-methyl/N-ethyl adjacent to an activating group) is 1. The molecule has 4 aromatic rings. The van der Waals surface area contributed by atoms with Crippen molar-refractivity contribution in [3.63, 3.8) is 0 Å². The Kier molecular flexibility index (Phi) is 7.37. The van der Waals surface area contributed by atoms with Gasteiger partial charge in [-0.25, -0.2) is 13.2 Å². The van der Waals surface area contributed by atoms with Gasteiger partial charge in [0.2, 0.25) is 5.91 Å². The number of alkyl halides is 1. The van der Waals surface area contributed by atoms with Crippen molar-refractivity contribution in [3.8, 4) is 29.6 Å². The first-order valence-corrected chi connectivity index (χ1v) is 16.8. The summed E-state index contributed by atoms with van der Waals surface area (Å²) in [6, 6.07) is 7.71. The molecule has 4 fully saturated rings. The number of rotatable bonds is 7. The third-order valence-electron chi connectivity index (χ3n) is 11.4. The normalized spacial score (nSPS) is 25.6. The number of carbonyl (C=O) groups excluding carboxylic acids is 1. The van der Waals surface area contributed by atoms with Crippen LogP contribution in [-0.2, 0) is 4.79 Å². The summed E-state index contributed by atoms with van der Waals surface area (Å²) < 4.78 is 52.9. The van der Waals surface area contributed by atoms with Gasteiger partial charge in [-0.15, -0.1) is 6.42 Å². The highest BCUT2D eigenvalue weighted by Crippen LogP contribution is 2.60. The molecule has 3 aliphatic heterocycles. The third kappa shape index (κ3) is 5.02. The fraction of sp³-hybridized carbons (Fsp3) is 0.421. The van der Waals surface area contributed by atoms with Crippen molar-refractivity contribution < 1.29 is 22.7 Å². The summed E-state index contributed by atoms with van der Waals surface area (Å²) in [5.41, 5.74) is 0.0559. The lowest BCUT2D eigenvalue weighted by atomic mass is 9.89. The molecule has 0 N–H and O–H groups in total. The van der Waals surface area contributed by atoms with Gasteiger partial charge in [-0.05, 0) is 55.6 Å². The first-order valence-electron chi connectivity index (χ1n) is 16.8. The Morgan fingerprint density at radius 2 is 2.06 bits per heavy atom. The van der Waals surface area contributed by atoms with E-state index in [1.54, 1.807) is 29.2 Å². The molecule has 2 aromatic carbocycles. The molecule has 11 heteroatoms. The van der Waals surface area contributed by atoms with Crippen molar-refractivity contribution in [3.05, 3.63) is 66.4 Å². The fourth-order valence-electron chi connectivity index (χ4n) is 8.79. The third-order valence-corrected chi connectivity index (χ3v) is 11.4. The number of fused-ring (bicyclic) bond motifs is 3. The molecule has 1 spiro atoms. The first-order chi connectivity index (χ1) is 23.6. The van der Waals surface area contributed by atoms with Gasteiger partial charge in [-0.1, -0.05) is 36.8 Å². The molecular formula is C38H37F3N6O2. The van der Waals surface area contributed by atoms with Gasteiger partial charge < -0.3 is 14.5 Å². The Morgan fingerprint density at radius 1 is 1.24 bits per heavy atom. The Balaban J connectivity index is 1.24. The highest BCUT2D eigenvalue weighted by molar-refractivity contribution is 6.02. The van der Waals surface area contributed by atoms with Crippen LogP contribution in [0.1, 0.15) is 44.6 Å². The minimum atomic E-state index is -0.937. The topological polar surface area (TPSA) is 74.7 Å². The molecule has 252 valence electrons. The van der Waals surface area contributed by atoms with Gasteiger partial charge in [0.05, 0.1) is 22.5 Å². The van der Waals surface area contributed by atoms with Crippen molar-refractivity contribution in [1.82, 2.24) is 24.8 Å². The monoisotopic (exact) mass is 666 g/mol. The Labute approximate surface area is 283 Å². The second kappa shape index (κ2) is 11.4. The van der Waals surface area contributed by atoms with Crippen molar-refractivity contribution >= 4 is 33.4 Å². The van der Waals surface area contributed by atoms with Crippen LogP contribution in [0.2, 0.25) is 0 Å². The summed E-state index contributed by atoms with van der Waals surface area (Å²) >= 11 is 0. The summed E-state index contributed by atoms with van der Waals surface area (Å²) in [5, 5.41) is 1.37. The predicted molar refractivity (Wildman–Crippen MR) is 182 cm³/mol. The Bertz CT molecular complexity index is 2080. The van der Waals surface area contributed by atoms with Crippen LogP contribution in [0, 0.1) is 29.4 Å². The van der Waals surface area contributed by atoms with E-state index in [1.165, 1.54) is 18.3 Å². The standard InChI is InChI=1S/C38H37F3N6O2/c1-5-25-28(40)11-10-23-8-7-9-26(31(23)25)33-32(41)34-27(17-42-33)35(45(4)29-12-15-47(22(29)3)30(48)6-2)44-36(43-34)49-21-38-16-24(39)18-46(38)20-37(19-38)13-14-37/h1,6-11,17,22,24,29H,2,12-16,18-21H2,3-4H3/t22-,24-,29-,38-/m1/s1. The molecule has 5 heterocycles. The summed E-state index contributed by atoms with van der Waals surface area (Å²) in [7, 11) is 1.85. The number of likely N-dealkylation sites (tertiary alicyclic amines) is 1. The van der Waals surface area contributed by atoms with Crippen LogP contribution in [0.25, 0.3) is 32.9 Å². The van der Waals surface area contributed by atoms with Gasteiger partial charge in [0.25, 0.3) is 0 Å². The average Bonchev–Trinajstić information content (AvgIpc) is 3.49. The number of halogens is 3. The lowest BCUT2D eigenvalue weighted by molar-refractivity contribution is -0.126. The maximum Gasteiger partial charge on any atom is 0.319 e. The molecule has 8 rings (SSSR count). The average molecular weight is 667 g/mol. The minimum absolute atomic E-state index is 0.0203. The van der Waals surface area contributed by atoms with E-state index in [4.69, 9.17) is 16.1 Å². The molecule has 3 saturated heterocycles. The zero-order valence-electron chi connectivity index (χ0n) is 27.6. The molecule has 0 bridgehead atoms. The molecule has 8 nitrogen and oxygen atoms in total. The molecule has 49 heavy (non-hydrogen) atoms. The molecule has 2 aromatic heterocycles. The smallest absolute Gasteiger partial charge is 0.319 e. The van der Waals surface area contributed by atoms with Gasteiger partial charge in [-0.3, -0.25) is 14.7 Å². The van der Waals surface area contributed by atoms with E-state index in [1.807, 2.05) is 18.9 Å². The number of benzene rings is 2. The number of nitrogens with zero attached hydrogens (tertiary/aromatic N) is 6. The Hall–Kier alpha value is -4.69. The van der Waals surface area contributed by atoms with Gasteiger partial charge in [0.1, 0.15) is 35.6 Å². The summed E-state index contributed by atoms with van der Waals surface area (Å²) in [4.78, 5) is 32.4. The van der Waals surface area contributed by atoms with Gasteiger partial charge in [0, 0.05) is 56.3 Å². The number of aromatic nitrogens is 3. The van der Waals surface area contributed by atoms with Crippen LogP contribution in [0.15, 0.2) is 49.2 Å². The van der Waals surface area contributed by atoms with E-state index < -0.39 is 23.3 Å². The number of hydrogen-bond acceptors (Lipinski definition) is 7. The molecule has 0 radical (unpaired) electrons. The van der Waals surface area contributed by atoms with E-state index in [2.05, 4.69) is 27.4 Å². The Morgan fingerprint density at radius 3 is 2.82 bits per heavy atom. The van der Waals surface area contributed by atoms with E-state index in [9.17, 15) is 13.6 Å². The van der Waals surface area contributed by atoms with Crippen molar-refractivity contribution in [2.75, 3.05) is 38.2 Å². The first kappa shape index (κ1) is 31.6. The molecule has 4 aliphatic rings. The van der Waals surface area contributed by atoms with E-state index in [0.717, 1.165) is 25.8 Å². The fourth-order valence-corrected chi connectivity index (χ4v) is 8.79. The summed E-state index contributed by atoms with van der Waals surface area (Å²) in [5.74, 6) is 1.34. The maximum atomic E-state index is 16.9. The number of carbonyl (C=O) groups is 1. The molecule has 0 unspecified atom stereocenters. The van der Waals surface area contributed by atoms with Crippen molar-refractivity contribution in [2.45, 2.75) is 62.8 Å². The number of terminal acetylenes is 1. The molecule has 1 amide bonds. The molecule has 1 saturated carbocycles. The highest BCUT2D eigenvalue weighted by Gasteiger charge is 2.62. The van der Waals surface area contributed by atoms with E-state index in [0.29, 0.717) is 53.5 Å². The molecule has 4 atom stereocenters. The summed E-state index contributed by atoms with van der Waals surface area (Å²) in [6.07, 6.45) is 11.8. The van der Waals surface area contributed by atoms with Gasteiger partial charge in [-0.2, -0.15) is 9.97 Å². The predicted octanol–water partition coefficient (Wildman–Crippen LogP) is 6.06. The number of amides is 1. The van der Waals surface area contributed by atoms with Crippen LogP contribution >= 0.6 is 0 Å².